The lowest BCUT2D eigenvalue weighted by molar-refractivity contribution is 0.194. The number of nitrogens with zero attached hydrogens (tertiary/aromatic N) is 2. The lowest BCUT2D eigenvalue weighted by atomic mass is 9.70. The third-order valence-electron chi connectivity index (χ3n) is 6.58. The Bertz CT molecular complexity index is 699. The number of hydrogen-bond acceptors (Lipinski definition) is 5. The molecule has 1 aromatic carbocycles. The van der Waals surface area contributed by atoms with Crippen LogP contribution in [0.4, 0.5) is 0 Å². The van der Waals surface area contributed by atoms with E-state index >= 15 is 0 Å². The van der Waals surface area contributed by atoms with E-state index < -0.39 is 0 Å². The molecule has 5 nitrogen and oxygen atoms in total. The quantitative estimate of drug-likeness (QED) is 0.590. The number of ether oxygens (including phenoxy) is 3. The summed E-state index contributed by atoms with van der Waals surface area (Å²) in [5.41, 5.74) is 2.59. The average Bonchev–Trinajstić information content (AvgIpc) is 2.94. The smallest absolute Gasteiger partial charge is 0.203 e. The van der Waals surface area contributed by atoms with Crippen molar-refractivity contribution < 1.29 is 14.2 Å². The Hall–Kier alpha value is -2.04. The van der Waals surface area contributed by atoms with Gasteiger partial charge in [0.2, 0.25) is 5.75 Å². The van der Waals surface area contributed by atoms with E-state index in [-0.39, 0.29) is 5.41 Å². The molecule has 0 aliphatic heterocycles. The van der Waals surface area contributed by atoms with Crippen molar-refractivity contribution in [1.29, 1.82) is 0 Å². The predicted octanol–water partition coefficient (Wildman–Crippen LogP) is 4.33. The summed E-state index contributed by atoms with van der Waals surface area (Å²) in [5, 5.41) is 8.97. The van der Waals surface area contributed by atoms with Crippen molar-refractivity contribution in [2.75, 3.05) is 21.3 Å². The summed E-state index contributed by atoms with van der Waals surface area (Å²) in [4.78, 5) is 0. The van der Waals surface area contributed by atoms with E-state index in [0.29, 0.717) is 22.7 Å². The van der Waals surface area contributed by atoms with Crippen LogP contribution in [-0.4, -0.2) is 33.3 Å². The zero-order valence-electron chi connectivity index (χ0n) is 16.0. The van der Waals surface area contributed by atoms with Crippen molar-refractivity contribution in [1.82, 2.24) is 0 Å². The van der Waals surface area contributed by atoms with Crippen LogP contribution in [0.5, 0.6) is 17.2 Å². The van der Waals surface area contributed by atoms with Gasteiger partial charge < -0.3 is 14.2 Å². The monoisotopic (exact) mass is 344 g/mol. The van der Waals surface area contributed by atoms with Crippen molar-refractivity contribution in [3.05, 3.63) is 17.7 Å². The molecular weight excluding hydrogens is 316 g/mol. The molecule has 0 heterocycles. The van der Waals surface area contributed by atoms with Crippen LogP contribution in [0.15, 0.2) is 22.3 Å². The summed E-state index contributed by atoms with van der Waals surface area (Å²) in [6.45, 7) is 7.08. The number of benzene rings is 1. The largest absolute Gasteiger partial charge is 0.493 e. The fourth-order valence-corrected chi connectivity index (χ4v) is 4.42. The molecule has 0 radical (unpaired) electrons. The molecule has 0 unspecified atom stereocenters. The Morgan fingerprint density at radius 2 is 1.68 bits per heavy atom. The highest BCUT2D eigenvalue weighted by Crippen LogP contribution is 2.64. The van der Waals surface area contributed by atoms with E-state index in [1.807, 2.05) is 12.1 Å². The molecule has 0 N–H and O–H groups in total. The van der Waals surface area contributed by atoms with E-state index in [1.165, 1.54) is 18.6 Å². The van der Waals surface area contributed by atoms with Gasteiger partial charge in [0.1, 0.15) is 0 Å². The highest BCUT2D eigenvalue weighted by atomic mass is 16.5. The fraction of sp³-hybridized carbons (Fsp3) is 0.600. The number of fused-ring (bicyclic) bond motifs is 2. The summed E-state index contributed by atoms with van der Waals surface area (Å²) < 4.78 is 16.1. The van der Waals surface area contributed by atoms with Crippen molar-refractivity contribution in [2.45, 2.75) is 40.0 Å². The summed E-state index contributed by atoms with van der Waals surface area (Å²) in [5.74, 6) is 2.54. The third-order valence-corrected chi connectivity index (χ3v) is 6.58. The van der Waals surface area contributed by atoms with E-state index in [4.69, 9.17) is 14.2 Å². The van der Waals surface area contributed by atoms with Gasteiger partial charge in [-0.2, -0.15) is 10.2 Å². The highest BCUT2D eigenvalue weighted by Gasteiger charge is 2.59. The SMILES string of the molecule is COc1cc(/C=N\N=C2\C[C@H]3CC[C@@]2(C)C3(C)C)cc(OC)c1OC. The Labute approximate surface area is 150 Å². The first-order chi connectivity index (χ1) is 11.9. The first-order valence-electron chi connectivity index (χ1n) is 8.77. The minimum atomic E-state index is 0.171. The molecule has 2 aliphatic rings. The van der Waals surface area contributed by atoms with Gasteiger partial charge in [-0.1, -0.05) is 20.8 Å². The fourth-order valence-electron chi connectivity index (χ4n) is 4.42. The van der Waals surface area contributed by atoms with Crippen LogP contribution in [0.3, 0.4) is 0 Å². The van der Waals surface area contributed by atoms with Gasteiger partial charge in [0.15, 0.2) is 11.5 Å². The number of hydrogen-bond donors (Lipinski definition) is 0. The summed E-state index contributed by atoms with van der Waals surface area (Å²) in [6.07, 6.45) is 5.33. The van der Waals surface area contributed by atoms with Crippen LogP contribution in [0.25, 0.3) is 0 Å². The van der Waals surface area contributed by atoms with Crippen molar-refractivity contribution in [3.63, 3.8) is 0 Å². The predicted molar refractivity (Wildman–Crippen MR) is 100 cm³/mol. The molecule has 5 heteroatoms. The molecule has 136 valence electrons. The Morgan fingerprint density at radius 1 is 1.04 bits per heavy atom. The Kier molecular flexibility index (Phi) is 4.52. The lowest BCUT2D eigenvalue weighted by Crippen LogP contribution is -2.32. The van der Waals surface area contributed by atoms with E-state index in [1.54, 1.807) is 27.5 Å². The maximum atomic E-state index is 5.38. The summed E-state index contributed by atoms with van der Waals surface area (Å²) in [6, 6.07) is 3.75. The second-order valence-electron chi connectivity index (χ2n) is 7.74. The maximum absolute atomic E-state index is 5.38. The molecule has 2 saturated carbocycles. The van der Waals surface area contributed by atoms with Gasteiger partial charge in [-0.15, -0.1) is 0 Å². The second-order valence-corrected chi connectivity index (χ2v) is 7.74. The second kappa shape index (κ2) is 6.36. The standard InChI is InChI=1S/C20H28N2O3/c1-19(2)14-7-8-20(19,3)17(11-14)22-21-12-13-9-15(23-4)18(25-6)16(10-13)24-5/h9-10,12,14H,7-8,11H2,1-6H3/b21-12-,22-17-/t14-,20-/m1/s1. The molecule has 2 fully saturated rings. The zero-order chi connectivity index (χ0) is 18.2. The van der Waals surface area contributed by atoms with Gasteiger partial charge in [-0.05, 0) is 42.7 Å². The first-order valence-corrected chi connectivity index (χ1v) is 8.77. The average molecular weight is 344 g/mol. The molecule has 0 spiro atoms. The minimum absolute atomic E-state index is 0.171. The molecular formula is C20H28N2O3. The van der Waals surface area contributed by atoms with E-state index in [9.17, 15) is 0 Å². The van der Waals surface area contributed by atoms with Crippen LogP contribution < -0.4 is 14.2 Å². The van der Waals surface area contributed by atoms with Gasteiger partial charge >= 0.3 is 0 Å². The summed E-state index contributed by atoms with van der Waals surface area (Å²) >= 11 is 0. The highest BCUT2D eigenvalue weighted by molar-refractivity contribution is 5.94. The molecule has 0 aromatic heterocycles. The van der Waals surface area contributed by atoms with Crippen molar-refractivity contribution >= 4 is 11.9 Å². The van der Waals surface area contributed by atoms with Crippen LogP contribution in [-0.2, 0) is 0 Å². The van der Waals surface area contributed by atoms with Crippen molar-refractivity contribution in [2.24, 2.45) is 27.0 Å². The van der Waals surface area contributed by atoms with E-state index in [2.05, 4.69) is 31.0 Å². The van der Waals surface area contributed by atoms with Gasteiger partial charge in [-0.3, -0.25) is 0 Å². The normalized spacial score (nSPS) is 28.7. The lowest BCUT2D eigenvalue weighted by Gasteiger charge is -2.34. The van der Waals surface area contributed by atoms with Gasteiger partial charge in [0.25, 0.3) is 0 Å². The maximum Gasteiger partial charge on any atom is 0.203 e. The Balaban J connectivity index is 1.86. The number of methoxy groups -OCH3 is 3. The molecule has 2 aliphatic carbocycles. The molecule has 2 bridgehead atoms. The molecule has 2 atom stereocenters. The van der Waals surface area contributed by atoms with Gasteiger partial charge in [0, 0.05) is 16.7 Å². The molecule has 0 amide bonds. The molecule has 1 aromatic rings. The van der Waals surface area contributed by atoms with Crippen molar-refractivity contribution in [3.8, 4) is 17.2 Å². The van der Waals surface area contributed by atoms with Crippen LogP contribution in [0.1, 0.15) is 45.6 Å². The number of rotatable bonds is 5. The van der Waals surface area contributed by atoms with E-state index in [0.717, 1.165) is 17.9 Å². The van der Waals surface area contributed by atoms with Crippen LogP contribution in [0.2, 0.25) is 0 Å². The van der Waals surface area contributed by atoms with Crippen LogP contribution in [0, 0.1) is 16.7 Å². The summed E-state index contributed by atoms with van der Waals surface area (Å²) in [7, 11) is 4.81. The topological polar surface area (TPSA) is 52.4 Å². The minimum Gasteiger partial charge on any atom is -0.493 e. The van der Waals surface area contributed by atoms with Gasteiger partial charge in [-0.25, -0.2) is 0 Å². The van der Waals surface area contributed by atoms with Gasteiger partial charge in [0.05, 0.1) is 27.5 Å². The molecule has 0 saturated heterocycles. The third kappa shape index (κ3) is 2.70. The molecule has 3 rings (SSSR count). The molecule has 25 heavy (non-hydrogen) atoms. The Morgan fingerprint density at radius 3 is 2.12 bits per heavy atom. The zero-order valence-corrected chi connectivity index (χ0v) is 16.0. The first kappa shape index (κ1) is 17.8. The van der Waals surface area contributed by atoms with Crippen LogP contribution >= 0.6 is 0 Å².